The van der Waals surface area contributed by atoms with Gasteiger partial charge in [-0.15, -0.1) is 0 Å². The molecule has 0 radical (unpaired) electrons. The van der Waals surface area contributed by atoms with Gasteiger partial charge >= 0.3 is 0 Å². The number of halogens is 1. The first-order chi connectivity index (χ1) is 13.7. The van der Waals surface area contributed by atoms with Crippen molar-refractivity contribution < 1.29 is 18.4 Å². The summed E-state index contributed by atoms with van der Waals surface area (Å²) in [6.45, 7) is 0.0247. The van der Waals surface area contributed by atoms with Crippen molar-refractivity contribution in [2.45, 2.75) is 6.54 Å². The molecule has 1 amide bonds. The Labute approximate surface area is 159 Å². The summed E-state index contributed by atoms with van der Waals surface area (Å²) in [5.74, 6) is -0.454. The highest BCUT2D eigenvalue weighted by Crippen LogP contribution is 2.32. The van der Waals surface area contributed by atoms with Crippen molar-refractivity contribution in [1.82, 2.24) is 20.4 Å². The number of carbonyl (C=O) groups is 1. The SMILES string of the molecule is O=C(COc1ncnc2onc(-c3ccccc3)c12)NCc1ccc(F)cc1. The minimum Gasteiger partial charge on any atom is -0.467 e. The van der Waals surface area contributed by atoms with E-state index in [0.29, 0.717) is 11.1 Å². The number of hydrogen-bond donors (Lipinski definition) is 1. The number of ether oxygens (including phenoxy) is 1. The maximum absolute atomic E-state index is 12.9. The predicted molar refractivity (Wildman–Crippen MR) is 98.8 cm³/mol. The van der Waals surface area contributed by atoms with Crippen LogP contribution in [-0.4, -0.2) is 27.6 Å². The summed E-state index contributed by atoms with van der Waals surface area (Å²) >= 11 is 0. The van der Waals surface area contributed by atoms with Crippen LogP contribution in [0.2, 0.25) is 0 Å². The lowest BCUT2D eigenvalue weighted by Crippen LogP contribution is -2.28. The van der Waals surface area contributed by atoms with Gasteiger partial charge in [-0.1, -0.05) is 47.6 Å². The van der Waals surface area contributed by atoms with Crippen LogP contribution in [0.15, 0.2) is 65.4 Å². The number of fused-ring (bicyclic) bond motifs is 1. The van der Waals surface area contributed by atoms with Gasteiger partial charge in [-0.05, 0) is 17.7 Å². The van der Waals surface area contributed by atoms with Crippen molar-refractivity contribution in [1.29, 1.82) is 0 Å². The van der Waals surface area contributed by atoms with Gasteiger partial charge in [0.1, 0.15) is 23.2 Å². The molecule has 140 valence electrons. The molecular formula is C20H15FN4O3. The number of rotatable bonds is 6. The number of aromatic nitrogens is 3. The molecule has 0 atom stereocenters. The number of carbonyl (C=O) groups excluding carboxylic acids is 1. The molecule has 7 nitrogen and oxygen atoms in total. The Hall–Kier alpha value is -3.81. The normalized spacial score (nSPS) is 10.8. The minimum absolute atomic E-state index is 0.210. The Bertz CT molecular complexity index is 1100. The Morgan fingerprint density at radius 3 is 2.64 bits per heavy atom. The minimum atomic E-state index is -0.339. The maximum Gasteiger partial charge on any atom is 0.265 e. The van der Waals surface area contributed by atoms with Gasteiger partial charge in [0.05, 0.1) is 0 Å². The van der Waals surface area contributed by atoms with Gasteiger partial charge in [0.2, 0.25) is 5.88 Å². The van der Waals surface area contributed by atoms with E-state index in [1.54, 1.807) is 12.1 Å². The molecule has 4 rings (SSSR count). The standard InChI is InChI=1S/C20H15FN4O3/c21-15-8-6-13(7-9-15)10-22-16(26)11-27-19-17-18(14-4-2-1-3-5-14)25-28-20(17)24-12-23-19/h1-9,12H,10-11H2,(H,22,26). The van der Waals surface area contributed by atoms with Crippen LogP contribution in [0.1, 0.15) is 5.56 Å². The number of hydrogen-bond acceptors (Lipinski definition) is 6. The maximum atomic E-state index is 12.9. The largest absolute Gasteiger partial charge is 0.467 e. The average Bonchev–Trinajstić information content (AvgIpc) is 3.17. The monoisotopic (exact) mass is 378 g/mol. The molecule has 0 aliphatic heterocycles. The number of amides is 1. The molecule has 0 aliphatic carbocycles. The van der Waals surface area contributed by atoms with Gasteiger partial charge in [0, 0.05) is 12.1 Å². The third-order valence-electron chi connectivity index (χ3n) is 4.03. The van der Waals surface area contributed by atoms with Crippen LogP contribution in [0.4, 0.5) is 4.39 Å². The third-order valence-corrected chi connectivity index (χ3v) is 4.03. The van der Waals surface area contributed by atoms with E-state index >= 15 is 0 Å². The molecule has 28 heavy (non-hydrogen) atoms. The summed E-state index contributed by atoms with van der Waals surface area (Å²) in [5.41, 5.74) is 2.42. The molecule has 2 aromatic heterocycles. The van der Waals surface area contributed by atoms with E-state index < -0.39 is 0 Å². The molecule has 4 aromatic rings. The fourth-order valence-corrected chi connectivity index (χ4v) is 2.65. The second-order valence-electron chi connectivity index (χ2n) is 5.95. The van der Waals surface area contributed by atoms with Gasteiger partial charge in [0.15, 0.2) is 6.61 Å². The van der Waals surface area contributed by atoms with Gasteiger partial charge in [-0.25, -0.2) is 9.37 Å². The lowest BCUT2D eigenvalue weighted by molar-refractivity contribution is -0.123. The zero-order valence-corrected chi connectivity index (χ0v) is 14.6. The van der Waals surface area contributed by atoms with Gasteiger partial charge in [0.25, 0.3) is 11.6 Å². The van der Waals surface area contributed by atoms with E-state index in [1.807, 2.05) is 30.3 Å². The topological polar surface area (TPSA) is 90.1 Å². The molecular weight excluding hydrogens is 363 g/mol. The second kappa shape index (κ2) is 7.83. The van der Waals surface area contributed by atoms with Gasteiger partial charge < -0.3 is 14.6 Å². The van der Waals surface area contributed by atoms with Crippen LogP contribution in [0.3, 0.4) is 0 Å². The molecule has 0 bridgehead atoms. The Morgan fingerprint density at radius 1 is 1.07 bits per heavy atom. The molecule has 8 heteroatoms. The summed E-state index contributed by atoms with van der Waals surface area (Å²) in [6, 6.07) is 15.3. The van der Waals surface area contributed by atoms with E-state index in [1.165, 1.54) is 18.5 Å². The van der Waals surface area contributed by atoms with Crippen LogP contribution in [0, 0.1) is 5.82 Å². The third kappa shape index (κ3) is 3.80. The van der Waals surface area contributed by atoms with Gasteiger partial charge in [-0.2, -0.15) is 4.98 Å². The molecule has 0 aliphatic rings. The predicted octanol–water partition coefficient (Wildman–Crippen LogP) is 3.12. The molecule has 1 N–H and O–H groups in total. The van der Waals surface area contributed by atoms with Gasteiger partial charge in [-0.3, -0.25) is 4.79 Å². The smallest absolute Gasteiger partial charge is 0.265 e. The van der Waals surface area contributed by atoms with Crippen LogP contribution in [0.5, 0.6) is 5.88 Å². The number of nitrogens with zero attached hydrogens (tertiary/aromatic N) is 3. The van der Waals surface area contributed by atoms with E-state index in [4.69, 9.17) is 9.26 Å². The van der Waals surface area contributed by atoms with Crippen molar-refractivity contribution >= 4 is 17.0 Å². The molecule has 0 spiro atoms. The van der Waals surface area contributed by atoms with E-state index in [-0.39, 0.29) is 36.5 Å². The van der Waals surface area contributed by atoms with Crippen molar-refractivity contribution in [3.05, 3.63) is 72.3 Å². The molecule has 0 saturated heterocycles. The van der Waals surface area contributed by atoms with E-state index in [2.05, 4.69) is 20.4 Å². The number of benzene rings is 2. The summed E-state index contributed by atoms with van der Waals surface area (Å²) < 4.78 is 23.8. The Morgan fingerprint density at radius 2 is 1.86 bits per heavy atom. The highest BCUT2D eigenvalue weighted by molar-refractivity contribution is 5.93. The molecule has 2 heterocycles. The van der Waals surface area contributed by atoms with Crippen molar-refractivity contribution in [3.8, 4) is 17.1 Å². The lowest BCUT2D eigenvalue weighted by Gasteiger charge is -2.08. The highest BCUT2D eigenvalue weighted by Gasteiger charge is 2.18. The molecule has 0 saturated carbocycles. The zero-order valence-electron chi connectivity index (χ0n) is 14.6. The second-order valence-corrected chi connectivity index (χ2v) is 5.95. The van der Waals surface area contributed by atoms with Crippen molar-refractivity contribution in [3.63, 3.8) is 0 Å². The first-order valence-corrected chi connectivity index (χ1v) is 8.50. The fraction of sp³-hybridized carbons (Fsp3) is 0.100. The molecule has 0 fully saturated rings. The van der Waals surface area contributed by atoms with Crippen LogP contribution in [-0.2, 0) is 11.3 Å². The summed E-state index contributed by atoms with van der Waals surface area (Å²) in [6.07, 6.45) is 1.29. The van der Waals surface area contributed by atoms with Crippen LogP contribution in [0.25, 0.3) is 22.4 Å². The zero-order chi connectivity index (χ0) is 19.3. The highest BCUT2D eigenvalue weighted by atomic mass is 19.1. The Balaban J connectivity index is 1.46. The average molecular weight is 378 g/mol. The molecule has 0 unspecified atom stereocenters. The Kier molecular flexibility index (Phi) is 4.92. The quantitative estimate of drug-likeness (QED) is 0.554. The van der Waals surface area contributed by atoms with E-state index in [9.17, 15) is 9.18 Å². The van der Waals surface area contributed by atoms with Crippen LogP contribution >= 0.6 is 0 Å². The summed E-state index contributed by atoms with van der Waals surface area (Å²) in [4.78, 5) is 20.3. The van der Waals surface area contributed by atoms with Crippen molar-refractivity contribution in [2.24, 2.45) is 0 Å². The molecule has 2 aromatic carbocycles. The van der Waals surface area contributed by atoms with Crippen LogP contribution < -0.4 is 10.1 Å². The fourth-order valence-electron chi connectivity index (χ4n) is 2.65. The summed E-state index contributed by atoms with van der Waals surface area (Å²) in [5, 5.41) is 7.26. The van der Waals surface area contributed by atoms with E-state index in [0.717, 1.165) is 11.1 Å². The van der Waals surface area contributed by atoms with Crippen molar-refractivity contribution in [2.75, 3.05) is 6.61 Å². The first-order valence-electron chi connectivity index (χ1n) is 8.50. The number of nitrogens with one attached hydrogen (secondary N) is 1. The first kappa shape index (κ1) is 17.6. The lowest BCUT2D eigenvalue weighted by atomic mass is 10.1. The summed E-state index contributed by atoms with van der Waals surface area (Å²) in [7, 11) is 0.